The average Bonchev–Trinajstić information content (AvgIpc) is 2.97. The summed E-state index contributed by atoms with van der Waals surface area (Å²) < 4.78 is 5.12. The van der Waals surface area contributed by atoms with Crippen LogP contribution in [0.25, 0.3) is 11.3 Å². The first kappa shape index (κ1) is 11.6. The van der Waals surface area contributed by atoms with E-state index in [1.54, 1.807) is 12.1 Å². The van der Waals surface area contributed by atoms with Crippen LogP contribution in [-0.2, 0) is 4.74 Å². The molecule has 3 rings (SSSR count). The molecule has 5 heteroatoms. The van der Waals surface area contributed by atoms with Crippen LogP contribution in [0.2, 0.25) is 0 Å². The topological polar surface area (TPSA) is 50.6 Å². The second-order valence-electron chi connectivity index (χ2n) is 4.21. The zero-order chi connectivity index (χ0) is 13.1. The number of methoxy groups -OCH3 is 1. The van der Waals surface area contributed by atoms with E-state index in [1.807, 2.05) is 42.5 Å². The molecule has 0 N–H and O–H groups in total. The van der Waals surface area contributed by atoms with Crippen molar-refractivity contribution in [3.63, 3.8) is 0 Å². The Hall–Kier alpha value is -2.43. The molecule has 0 unspecified atom stereocenters. The second-order valence-corrected chi connectivity index (χ2v) is 4.21. The highest BCUT2D eigenvalue weighted by atomic mass is 16.5. The fourth-order valence-corrected chi connectivity index (χ4v) is 1.97. The third kappa shape index (κ3) is 2.40. The fourth-order valence-electron chi connectivity index (χ4n) is 1.97. The Morgan fingerprint density at radius 3 is 2.53 bits per heavy atom. The molecule has 1 aliphatic heterocycles. The summed E-state index contributed by atoms with van der Waals surface area (Å²) in [7, 11) is 1.63. The Morgan fingerprint density at radius 2 is 1.89 bits per heavy atom. The van der Waals surface area contributed by atoms with E-state index in [4.69, 9.17) is 4.74 Å². The molecule has 0 bridgehead atoms. The van der Waals surface area contributed by atoms with Crippen LogP contribution in [0.1, 0.15) is 6.42 Å². The normalized spacial score (nSPS) is 14.4. The molecule has 0 radical (unpaired) electrons. The van der Waals surface area contributed by atoms with Gasteiger partial charge in [-0.1, -0.05) is 30.3 Å². The molecule has 1 aromatic carbocycles. The van der Waals surface area contributed by atoms with Gasteiger partial charge in [-0.2, -0.15) is 0 Å². The van der Waals surface area contributed by atoms with Crippen molar-refractivity contribution in [1.82, 2.24) is 10.2 Å². The van der Waals surface area contributed by atoms with Gasteiger partial charge in [0.1, 0.15) is 0 Å². The number of hydrogen-bond acceptors (Lipinski definition) is 5. The van der Waals surface area contributed by atoms with Gasteiger partial charge in [0.25, 0.3) is 0 Å². The van der Waals surface area contributed by atoms with Crippen molar-refractivity contribution < 1.29 is 4.74 Å². The summed E-state index contributed by atoms with van der Waals surface area (Å²) in [5.74, 6) is 1.47. The lowest BCUT2D eigenvalue weighted by Gasteiger charge is -2.10. The predicted molar refractivity (Wildman–Crippen MR) is 73.9 cm³/mol. The van der Waals surface area contributed by atoms with E-state index < -0.39 is 0 Å². The molecule has 2 aromatic rings. The van der Waals surface area contributed by atoms with Gasteiger partial charge in [-0.3, -0.25) is 0 Å². The first-order valence-corrected chi connectivity index (χ1v) is 6.15. The highest BCUT2D eigenvalue weighted by Gasteiger charge is 2.17. The zero-order valence-corrected chi connectivity index (χ0v) is 10.7. The van der Waals surface area contributed by atoms with Gasteiger partial charge >= 0.3 is 0 Å². The standard InChI is InChI=1S/C14H14N4O/c1-19-14-9-10-18(17-14)13-8-7-12(15-16-13)11-5-3-2-4-6-11/h2-8H,9-10H2,1H3. The summed E-state index contributed by atoms with van der Waals surface area (Å²) >= 11 is 0. The van der Waals surface area contributed by atoms with E-state index in [0.29, 0.717) is 0 Å². The van der Waals surface area contributed by atoms with Gasteiger partial charge in [-0.25, -0.2) is 5.01 Å². The van der Waals surface area contributed by atoms with E-state index in [2.05, 4.69) is 15.3 Å². The van der Waals surface area contributed by atoms with Crippen molar-refractivity contribution >= 4 is 11.7 Å². The van der Waals surface area contributed by atoms with E-state index in [1.165, 1.54) is 0 Å². The number of aromatic nitrogens is 2. The van der Waals surface area contributed by atoms with Crippen LogP contribution in [0, 0.1) is 0 Å². The summed E-state index contributed by atoms with van der Waals surface area (Å²) in [4.78, 5) is 0. The maximum Gasteiger partial charge on any atom is 0.208 e. The highest BCUT2D eigenvalue weighted by Crippen LogP contribution is 2.20. The number of benzene rings is 1. The number of ether oxygens (including phenoxy) is 1. The van der Waals surface area contributed by atoms with Gasteiger partial charge in [0.2, 0.25) is 5.90 Å². The summed E-state index contributed by atoms with van der Waals surface area (Å²) in [6.07, 6.45) is 0.804. The van der Waals surface area contributed by atoms with Crippen molar-refractivity contribution in [3.05, 3.63) is 42.5 Å². The van der Waals surface area contributed by atoms with Crippen LogP contribution in [0.4, 0.5) is 5.82 Å². The van der Waals surface area contributed by atoms with Crippen LogP contribution in [0.15, 0.2) is 47.6 Å². The van der Waals surface area contributed by atoms with Gasteiger partial charge in [-0.15, -0.1) is 15.3 Å². The van der Waals surface area contributed by atoms with Crippen LogP contribution < -0.4 is 5.01 Å². The number of hydrazone groups is 1. The summed E-state index contributed by atoms with van der Waals surface area (Å²) in [6, 6.07) is 13.9. The minimum atomic E-state index is 0.730. The van der Waals surface area contributed by atoms with Crippen molar-refractivity contribution in [1.29, 1.82) is 0 Å². The Labute approximate surface area is 111 Å². The predicted octanol–water partition coefficient (Wildman–Crippen LogP) is 2.31. The molecule has 19 heavy (non-hydrogen) atoms. The minimum Gasteiger partial charge on any atom is -0.483 e. The van der Waals surface area contributed by atoms with Gasteiger partial charge in [0.15, 0.2) is 5.82 Å². The third-order valence-corrected chi connectivity index (χ3v) is 2.99. The first-order valence-electron chi connectivity index (χ1n) is 6.15. The highest BCUT2D eigenvalue weighted by molar-refractivity contribution is 5.80. The van der Waals surface area contributed by atoms with Gasteiger partial charge in [0, 0.05) is 12.0 Å². The monoisotopic (exact) mass is 254 g/mol. The van der Waals surface area contributed by atoms with E-state index >= 15 is 0 Å². The number of anilines is 1. The molecule has 1 aromatic heterocycles. The Morgan fingerprint density at radius 1 is 1.05 bits per heavy atom. The molecule has 0 aliphatic carbocycles. The molecule has 0 saturated heterocycles. The molecule has 0 saturated carbocycles. The van der Waals surface area contributed by atoms with Crippen molar-refractivity contribution in [2.75, 3.05) is 18.7 Å². The minimum absolute atomic E-state index is 0.730. The van der Waals surface area contributed by atoms with Crippen molar-refractivity contribution in [2.24, 2.45) is 5.10 Å². The molecule has 2 heterocycles. The molecule has 0 spiro atoms. The Bertz CT molecular complexity index is 580. The quantitative estimate of drug-likeness (QED) is 0.825. The van der Waals surface area contributed by atoms with Crippen LogP contribution in [-0.4, -0.2) is 29.7 Å². The molecule has 5 nitrogen and oxygen atoms in total. The molecule has 0 fully saturated rings. The third-order valence-electron chi connectivity index (χ3n) is 2.99. The lowest BCUT2D eigenvalue weighted by atomic mass is 10.1. The van der Waals surface area contributed by atoms with Crippen LogP contribution in [0.5, 0.6) is 0 Å². The number of hydrogen-bond donors (Lipinski definition) is 0. The maximum atomic E-state index is 5.12. The largest absolute Gasteiger partial charge is 0.483 e. The maximum absolute atomic E-state index is 5.12. The molecular weight excluding hydrogens is 240 g/mol. The van der Waals surface area contributed by atoms with E-state index in [-0.39, 0.29) is 0 Å². The van der Waals surface area contributed by atoms with Gasteiger partial charge in [-0.05, 0) is 12.1 Å². The van der Waals surface area contributed by atoms with Gasteiger partial charge in [0.05, 0.1) is 19.3 Å². The molecule has 1 aliphatic rings. The number of rotatable bonds is 2. The lowest BCUT2D eigenvalue weighted by Crippen LogP contribution is -2.13. The lowest BCUT2D eigenvalue weighted by molar-refractivity contribution is 0.396. The smallest absolute Gasteiger partial charge is 0.208 e. The molecule has 96 valence electrons. The summed E-state index contributed by atoms with van der Waals surface area (Å²) in [6.45, 7) is 0.780. The van der Waals surface area contributed by atoms with E-state index in [0.717, 1.165) is 35.9 Å². The SMILES string of the molecule is COC1=NN(c2ccc(-c3ccccc3)nn2)CC1. The van der Waals surface area contributed by atoms with Crippen molar-refractivity contribution in [3.8, 4) is 11.3 Å². The van der Waals surface area contributed by atoms with Crippen LogP contribution >= 0.6 is 0 Å². The molecule has 0 amide bonds. The second kappa shape index (κ2) is 5.06. The fraction of sp³-hybridized carbons (Fsp3) is 0.214. The average molecular weight is 254 g/mol. The summed E-state index contributed by atoms with van der Waals surface area (Å²) in [5, 5.41) is 14.6. The summed E-state index contributed by atoms with van der Waals surface area (Å²) in [5.41, 5.74) is 1.92. The Kier molecular flexibility index (Phi) is 3.10. The zero-order valence-electron chi connectivity index (χ0n) is 10.7. The van der Waals surface area contributed by atoms with Crippen LogP contribution in [0.3, 0.4) is 0 Å². The molecule has 0 atom stereocenters. The van der Waals surface area contributed by atoms with Crippen molar-refractivity contribution in [2.45, 2.75) is 6.42 Å². The number of nitrogens with zero attached hydrogens (tertiary/aromatic N) is 4. The Balaban J connectivity index is 1.82. The first-order chi connectivity index (χ1) is 9.36. The van der Waals surface area contributed by atoms with Gasteiger partial charge < -0.3 is 4.74 Å². The van der Waals surface area contributed by atoms with E-state index in [9.17, 15) is 0 Å². The molecular formula is C14H14N4O.